The predicted molar refractivity (Wildman–Crippen MR) is 147 cm³/mol. The molecule has 0 atom stereocenters. The number of hydrogen-bond acceptors (Lipinski definition) is 6. The molecule has 1 aliphatic rings. The molecule has 2 heterocycles. The van der Waals surface area contributed by atoms with E-state index in [1.165, 1.54) is 0 Å². The van der Waals surface area contributed by atoms with Gasteiger partial charge in [0.15, 0.2) is 0 Å². The highest BCUT2D eigenvalue weighted by Gasteiger charge is 2.51. The van der Waals surface area contributed by atoms with Crippen molar-refractivity contribution in [1.82, 2.24) is 14.2 Å². The molecule has 1 aromatic heterocycles. The molecule has 11 nitrogen and oxygen atoms in total. The van der Waals surface area contributed by atoms with Crippen molar-refractivity contribution < 1.29 is 22.9 Å². The highest BCUT2D eigenvalue weighted by atomic mass is 32.2. The average molecular weight is 548 g/mol. The van der Waals surface area contributed by atoms with Crippen LogP contribution in [0.1, 0.15) is 32.0 Å². The van der Waals surface area contributed by atoms with Gasteiger partial charge in [0, 0.05) is 16.9 Å². The van der Waals surface area contributed by atoms with Crippen LogP contribution in [-0.4, -0.2) is 45.2 Å². The molecule has 3 amide bonds. The van der Waals surface area contributed by atoms with Crippen LogP contribution in [0.2, 0.25) is 0 Å². The van der Waals surface area contributed by atoms with E-state index in [2.05, 4.69) is 10.6 Å². The number of rotatable bonds is 5. The number of carbonyl (C=O) groups excluding carboxylic acids is 2. The molecule has 1 fully saturated rings. The first-order valence-corrected chi connectivity index (χ1v) is 13.8. The lowest BCUT2D eigenvalue weighted by atomic mass is 9.92. The van der Waals surface area contributed by atoms with E-state index in [1.54, 1.807) is 35.0 Å². The second kappa shape index (κ2) is 9.62. The zero-order chi connectivity index (χ0) is 27.9. The van der Waals surface area contributed by atoms with Gasteiger partial charge >= 0.3 is 11.9 Å². The van der Waals surface area contributed by atoms with Crippen LogP contribution in [0.5, 0.6) is 0 Å². The number of amides is 3. The van der Waals surface area contributed by atoms with Crippen molar-refractivity contribution in [2.45, 2.75) is 32.7 Å². The monoisotopic (exact) mass is 547 g/mol. The molecular formula is C27H27N6O5S+. The molecule has 4 aromatic rings. The van der Waals surface area contributed by atoms with Gasteiger partial charge in [-0.3, -0.25) is 5.32 Å². The maximum atomic E-state index is 13.1. The van der Waals surface area contributed by atoms with Crippen LogP contribution >= 0.6 is 0 Å². The number of hydrogen-bond donors (Lipinski definition) is 2. The third-order valence-corrected chi connectivity index (χ3v) is 7.80. The molecule has 1 saturated heterocycles. The van der Waals surface area contributed by atoms with Crippen molar-refractivity contribution >= 4 is 44.2 Å². The Morgan fingerprint density at radius 2 is 1.72 bits per heavy atom. The van der Waals surface area contributed by atoms with Crippen LogP contribution in [0, 0.1) is 4.91 Å². The van der Waals surface area contributed by atoms with Gasteiger partial charge < -0.3 is 5.32 Å². The number of sulfonamides is 1. The highest BCUT2D eigenvalue weighted by molar-refractivity contribution is 7.89. The Morgan fingerprint density at radius 1 is 1.00 bits per heavy atom. The minimum atomic E-state index is -4.04. The van der Waals surface area contributed by atoms with E-state index in [0.29, 0.717) is 32.9 Å². The Labute approximate surface area is 225 Å². The lowest BCUT2D eigenvalue weighted by Crippen LogP contribution is -2.31. The number of nitroso groups, excluding NO2 is 1. The fourth-order valence-electron chi connectivity index (χ4n) is 4.27. The summed E-state index contributed by atoms with van der Waals surface area (Å²) >= 11 is 0. The SMILES string of the molecule is CC(C)(C)c1cc(NC(=O)Nc2cccc3ccccc23)n(-c2cccc(CN3[N+](=O)C(=O)CS3(=O)=O)c2)n1. The topological polar surface area (TPSA) is 133 Å². The summed E-state index contributed by atoms with van der Waals surface area (Å²) in [6.45, 7) is 5.67. The lowest BCUT2D eigenvalue weighted by Gasteiger charge is -2.14. The number of carbonyl (C=O) groups is 2. The van der Waals surface area contributed by atoms with Gasteiger partial charge in [0.25, 0.3) is 10.0 Å². The fraction of sp³-hybridized carbons (Fsp3) is 0.222. The molecule has 1 aliphatic heterocycles. The number of urea groups is 1. The summed E-state index contributed by atoms with van der Waals surface area (Å²) in [6.07, 6.45) is 0. The van der Waals surface area contributed by atoms with Crippen LogP contribution in [-0.2, 0) is 26.8 Å². The van der Waals surface area contributed by atoms with Crippen molar-refractivity contribution in [1.29, 1.82) is 0 Å². The molecule has 0 bridgehead atoms. The number of benzene rings is 3. The molecule has 2 N–H and O–H groups in total. The van der Waals surface area contributed by atoms with Gasteiger partial charge in [-0.2, -0.15) is 5.10 Å². The molecule has 0 radical (unpaired) electrons. The Bertz CT molecular complexity index is 1730. The number of fused-ring (bicyclic) bond motifs is 1. The first kappa shape index (κ1) is 26.0. The zero-order valence-corrected chi connectivity index (χ0v) is 22.4. The summed E-state index contributed by atoms with van der Waals surface area (Å²) in [5, 5.41) is 12.4. The van der Waals surface area contributed by atoms with Gasteiger partial charge in [0.2, 0.25) is 10.6 Å². The van der Waals surface area contributed by atoms with Gasteiger partial charge in [-0.15, -0.1) is 0 Å². The number of aromatic nitrogens is 2. The summed E-state index contributed by atoms with van der Waals surface area (Å²) in [4.78, 5) is 36.7. The van der Waals surface area contributed by atoms with Gasteiger partial charge in [0.05, 0.1) is 22.0 Å². The summed E-state index contributed by atoms with van der Waals surface area (Å²) in [5.74, 6) is -1.49. The van der Waals surface area contributed by atoms with E-state index in [-0.39, 0.29) is 16.8 Å². The van der Waals surface area contributed by atoms with Gasteiger partial charge in [-0.05, 0) is 33.6 Å². The van der Waals surface area contributed by atoms with E-state index >= 15 is 0 Å². The van der Waals surface area contributed by atoms with E-state index in [4.69, 9.17) is 5.10 Å². The summed E-state index contributed by atoms with van der Waals surface area (Å²) < 4.78 is 26.6. The van der Waals surface area contributed by atoms with Crippen LogP contribution in [0.15, 0.2) is 72.8 Å². The number of anilines is 2. The Morgan fingerprint density at radius 3 is 2.44 bits per heavy atom. The fourth-order valence-corrected chi connectivity index (χ4v) is 5.50. The third kappa shape index (κ3) is 5.23. The third-order valence-electron chi connectivity index (χ3n) is 6.27. The van der Waals surface area contributed by atoms with Crippen molar-refractivity contribution in [2.75, 3.05) is 16.4 Å². The largest absolute Gasteiger partial charge is 0.484 e. The van der Waals surface area contributed by atoms with Crippen LogP contribution in [0.4, 0.5) is 16.3 Å². The van der Waals surface area contributed by atoms with Crippen LogP contribution in [0.25, 0.3) is 16.5 Å². The molecule has 12 heteroatoms. The van der Waals surface area contributed by atoms with Crippen molar-refractivity contribution in [3.05, 3.63) is 89.0 Å². The second-order valence-electron chi connectivity index (χ2n) is 10.3. The standard InChI is InChI=1S/C27H26N6O5S/c1-27(2,3)23-15-24(29-26(35)28-22-13-7-10-19-9-4-5-12-21(19)22)32(30-23)20-11-6-8-18(14-20)16-31-33(36)25(34)17-39(31,37)38/h4-15H,16-17H2,1-3H3,(H-,28,29,30,35)/p+1. The number of nitrogens with one attached hydrogen (secondary N) is 2. The molecular weight excluding hydrogens is 520 g/mol. The Kier molecular flexibility index (Phi) is 6.43. The van der Waals surface area contributed by atoms with Crippen molar-refractivity contribution in [2.24, 2.45) is 0 Å². The first-order valence-electron chi connectivity index (χ1n) is 12.2. The van der Waals surface area contributed by atoms with Gasteiger partial charge in [-0.1, -0.05) is 69.3 Å². The van der Waals surface area contributed by atoms with Gasteiger partial charge in [0.1, 0.15) is 12.4 Å². The number of hydrazine groups is 1. The molecule has 5 rings (SSSR count). The van der Waals surface area contributed by atoms with Crippen LogP contribution < -0.4 is 10.6 Å². The van der Waals surface area contributed by atoms with Crippen LogP contribution in [0.3, 0.4) is 0 Å². The highest BCUT2D eigenvalue weighted by Crippen LogP contribution is 2.28. The molecule has 0 saturated carbocycles. The molecule has 0 unspecified atom stereocenters. The van der Waals surface area contributed by atoms with E-state index in [9.17, 15) is 22.9 Å². The molecule has 200 valence electrons. The first-order chi connectivity index (χ1) is 18.4. The normalized spacial score (nSPS) is 15.1. The van der Waals surface area contributed by atoms with E-state index in [1.807, 2.05) is 63.2 Å². The van der Waals surface area contributed by atoms with E-state index < -0.39 is 27.7 Å². The summed E-state index contributed by atoms with van der Waals surface area (Å²) in [6, 6.07) is 21.4. The minimum absolute atomic E-state index is 0.127. The number of nitrogens with zero attached hydrogens (tertiary/aromatic N) is 4. The maximum absolute atomic E-state index is 13.1. The van der Waals surface area contributed by atoms with E-state index in [0.717, 1.165) is 10.8 Å². The quantitative estimate of drug-likeness (QED) is 0.357. The summed E-state index contributed by atoms with van der Waals surface area (Å²) in [7, 11) is -4.04. The van der Waals surface area contributed by atoms with Gasteiger partial charge in [-0.25, -0.2) is 22.7 Å². The lowest BCUT2D eigenvalue weighted by molar-refractivity contribution is -0.596. The molecule has 0 aliphatic carbocycles. The second-order valence-corrected chi connectivity index (χ2v) is 12.1. The average Bonchev–Trinajstić information content (AvgIpc) is 3.38. The zero-order valence-electron chi connectivity index (χ0n) is 21.6. The Balaban J connectivity index is 1.45. The summed E-state index contributed by atoms with van der Waals surface area (Å²) in [5.41, 5.74) is 2.03. The predicted octanol–water partition coefficient (Wildman–Crippen LogP) is 4.33. The smallest absolute Gasteiger partial charge is 0.307 e. The Hall–Kier alpha value is -4.58. The molecule has 3 aromatic carbocycles. The maximum Gasteiger partial charge on any atom is 0.484 e. The van der Waals surface area contributed by atoms with Crippen molar-refractivity contribution in [3.8, 4) is 5.69 Å². The molecule has 0 spiro atoms. The molecule has 39 heavy (non-hydrogen) atoms. The van der Waals surface area contributed by atoms with Crippen molar-refractivity contribution in [3.63, 3.8) is 0 Å². The minimum Gasteiger partial charge on any atom is -0.307 e.